The summed E-state index contributed by atoms with van der Waals surface area (Å²) in [6, 6.07) is 6.95. The molecule has 0 radical (unpaired) electrons. The Morgan fingerprint density at radius 3 is 2.89 bits per heavy atom. The van der Waals surface area contributed by atoms with Gasteiger partial charge in [0.15, 0.2) is 0 Å². The van der Waals surface area contributed by atoms with E-state index in [9.17, 15) is 0 Å². The fourth-order valence-electron chi connectivity index (χ4n) is 4.87. The molecule has 7 heteroatoms. The summed E-state index contributed by atoms with van der Waals surface area (Å²) in [6.45, 7) is 5.02. The second kappa shape index (κ2) is 7.78. The first-order chi connectivity index (χ1) is 13.7. The third kappa shape index (κ3) is 3.61. The van der Waals surface area contributed by atoms with E-state index in [1.165, 1.54) is 5.56 Å². The number of nitrogens with one attached hydrogen (secondary N) is 2. The van der Waals surface area contributed by atoms with Crippen LogP contribution in [0.2, 0.25) is 0 Å². The Balaban J connectivity index is 1.32. The monoisotopic (exact) mass is 399 g/mol. The molecule has 3 aliphatic rings. The molecule has 2 saturated heterocycles. The summed E-state index contributed by atoms with van der Waals surface area (Å²) in [5, 5.41) is 8.20. The maximum atomic E-state index is 6.09. The van der Waals surface area contributed by atoms with E-state index in [0.717, 1.165) is 75.3 Å². The van der Waals surface area contributed by atoms with Gasteiger partial charge in [-0.3, -0.25) is 4.31 Å². The molecular weight excluding hydrogens is 370 g/mol. The van der Waals surface area contributed by atoms with Gasteiger partial charge in [-0.2, -0.15) is 0 Å². The standard InChI is InChI=1S/C21H29N5OS/c1-28-26-8-5-17(6-9-26)24-20-23-13-15-3-2-4-18(19(15)25-20)16-11-21(12-16)14-22-7-10-27-21/h2-4,13,16-17,22H,5-12,14H2,1H3,(H,23,24,25). The largest absolute Gasteiger partial charge is 0.372 e. The zero-order chi connectivity index (χ0) is 19.0. The number of morpholine rings is 1. The highest BCUT2D eigenvalue weighted by molar-refractivity contribution is 7.96. The molecule has 0 bridgehead atoms. The fourth-order valence-corrected chi connectivity index (χ4v) is 5.45. The number of aromatic nitrogens is 2. The smallest absolute Gasteiger partial charge is 0.223 e. The average molecular weight is 400 g/mol. The first-order valence-electron chi connectivity index (χ1n) is 10.4. The van der Waals surface area contributed by atoms with Crippen LogP contribution in [-0.2, 0) is 4.74 Å². The van der Waals surface area contributed by atoms with Crippen molar-refractivity contribution < 1.29 is 4.74 Å². The number of nitrogens with zero attached hydrogens (tertiary/aromatic N) is 3. The highest BCUT2D eigenvalue weighted by Gasteiger charge is 2.47. The van der Waals surface area contributed by atoms with Crippen molar-refractivity contribution >= 4 is 28.8 Å². The Labute approximate surface area is 171 Å². The number of rotatable bonds is 4. The highest BCUT2D eigenvalue weighted by atomic mass is 32.2. The molecule has 1 aliphatic carbocycles. The van der Waals surface area contributed by atoms with Crippen molar-refractivity contribution in [2.45, 2.75) is 43.2 Å². The minimum atomic E-state index is 0.0461. The van der Waals surface area contributed by atoms with Crippen molar-refractivity contribution in [3.8, 4) is 0 Å². The van der Waals surface area contributed by atoms with Crippen LogP contribution in [0.1, 0.15) is 37.2 Å². The zero-order valence-corrected chi connectivity index (χ0v) is 17.3. The number of ether oxygens (including phenoxy) is 1. The second-order valence-corrected chi connectivity index (χ2v) is 9.20. The number of para-hydroxylation sites is 1. The van der Waals surface area contributed by atoms with Crippen LogP contribution in [0.25, 0.3) is 10.9 Å². The first-order valence-corrected chi connectivity index (χ1v) is 11.6. The van der Waals surface area contributed by atoms with Gasteiger partial charge in [-0.15, -0.1) is 0 Å². The normalized spacial score (nSPS) is 29.1. The number of benzene rings is 1. The molecule has 1 spiro atoms. The summed E-state index contributed by atoms with van der Waals surface area (Å²) in [4.78, 5) is 9.54. The molecular formula is C21H29N5OS. The van der Waals surface area contributed by atoms with Crippen molar-refractivity contribution in [2.24, 2.45) is 0 Å². The van der Waals surface area contributed by atoms with Crippen molar-refractivity contribution in [2.75, 3.05) is 44.4 Å². The average Bonchev–Trinajstić information content (AvgIpc) is 2.73. The molecule has 1 saturated carbocycles. The quantitative estimate of drug-likeness (QED) is 0.766. The summed E-state index contributed by atoms with van der Waals surface area (Å²) in [6.07, 6.45) is 8.57. The number of anilines is 1. The first kappa shape index (κ1) is 18.6. The predicted octanol–water partition coefficient (Wildman–Crippen LogP) is 3.02. The van der Waals surface area contributed by atoms with Crippen LogP contribution >= 0.6 is 11.9 Å². The van der Waals surface area contributed by atoms with Crippen LogP contribution in [0.15, 0.2) is 24.4 Å². The van der Waals surface area contributed by atoms with Crippen LogP contribution < -0.4 is 10.6 Å². The van der Waals surface area contributed by atoms with E-state index in [0.29, 0.717) is 12.0 Å². The number of hydrogen-bond acceptors (Lipinski definition) is 7. The number of hydrogen-bond donors (Lipinski definition) is 2. The predicted molar refractivity (Wildman–Crippen MR) is 115 cm³/mol. The van der Waals surface area contributed by atoms with Crippen molar-refractivity contribution in [3.05, 3.63) is 30.0 Å². The molecule has 2 N–H and O–H groups in total. The topological polar surface area (TPSA) is 62.3 Å². The van der Waals surface area contributed by atoms with Gasteiger partial charge in [-0.05, 0) is 43.4 Å². The third-order valence-corrected chi connectivity index (χ3v) is 7.38. The lowest BCUT2D eigenvalue weighted by Crippen LogP contribution is -2.56. The van der Waals surface area contributed by atoms with E-state index in [1.54, 1.807) is 0 Å². The lowest BCUT2D eigenvalue weighted by molar-refractivity contribution is -0.125. The van der Waals surface area contributed by atoms with Gasteiger partial charge in [0.05, 0.1) is 17.7 Å². The Bertz CT molecular complexity index is 825. The van der Waals surface area contributed by atoms with E-state index in [1.807, 2.05) is 18.1 Å². The molecule has 2 aromatic rings. The molecule has 6 nitrogen and oxygen atoms in total. The highest BCUT2D eigenvalue weighted by Crippen LogP contribution is 2.48. The van der Waals surface area contributed by atoms with Crippen molar-refractivity contribution in [3.63, 3.8) is 0 Å². The molecule has 0 unspecified atom stereocenters. The Morgan fingerprint density at radius 2 is 2.14 bits per heavy atom. The second-order valence-electron chi connectivity index (χ2n) is 8.32. The molecule has 3 fully saturated rings. The minimum absolute atomic E-state index is 0.0461. The fraction of sp³-hybridized carbons (Fsp3) is 0.619. The van der Waals surface area contributed by atoms with E-state index in [4.69, 9.17) is 9.72 Å². The van der Waals surface area contributed by atoms with Gasteiger partial charge in [-0.1, -0.05) is 30.1 Å². The maximum Gasteiger partial charge on any atom is 0.223 e. The van der Waals surface area contributed by atoms with Gasteiger partial charge < -0.3 is 15.4 Å². The van der Waals surface area contributed by atoms with Crippen LogP contribution in [0.4, 0.5) is 5.95 Å². The van der Waals surface area contributed by atoms with Crippen LogP contribution in [0.3, 0.4) is 0 Å². The van der Waals surface area contributed by atoms with Crippen molar-refractivity contribution in [1.82, 2.24) is 19.6 Å². The summed E-state index contributed by atoms with van der Waals surface area (Å²) in [5.74, 6) is 1.29. The van der Waals surface area contributed by atoms with Gasteiger partial charge >= 0.3 is 0 Å². The van der Waals surface area contributed by atoms with Crippen LogP contribution in [0, 0.1) is 0 Å². The SMILES string of the molecule is CSN1CCC(Nc2ncc3cccc(C4CC5(CNCCO5)C4)c3n2)CC1. The molecule has 150 valence electrons. The summed E-state index contributed by atoms with van der Waals surface area (Å²) >= 11 is 1.84. The summed E-state index contributed by atoms with van der Waals surface area (Å²) < 4.78 is 8.52. The third-order valence-electron chi connectivity index (χ3n) is 6.50. The van der Waals surface area contributed by atoms with Gasteiger partial charge in [-0.25, -0.2) is 9.97 Å². The maximum absolute atomic E-state index is 6.09. The van der Waals surface area contributed by atoms with Crippen LogP contribution in [0.5, 0.6) is 0 Å². The van der Waals surface area contributed by atoms with Crippen molar-refractivity contribution in [1.29, 1.82) is 0 Å². The Morgan fingerprint density at radius 1 is 1.29 bits per heavy atom. The molecule has 0 amide bonds. The number of piperidine rings is 1. The number of fused-ring (bicyclic) bond motifs is 1. The molecule has 0 atom stereocenters. The summed E-state index contributed by atoms with van der Waals surface area (Å²) in [5.41, 5.74) is 2.50. The molecule has 28 heavy (non-hydrogen) atoms. The minimum Gasteiger partial charge on any atom is -0.372 e. The Hall–Kier alpha value is -1.41. The molecule has 2 aliphatic heterocycles. The molecule has 1 aromatic heterocycles. The van der Waals surface area contributed by atoms with E-state index in [-0.39, 0.29) is 5.60 Å². The summed E-state index contributed by atoms with van der Waals surface area (Å²) in [7, 11) is 0. The Kier molecular flexibility index (Phi) is 5.17. The van der Waals surface area contributed by atoms with E-state index < -0.39 is 0 Å². The molecule has 3 heterocycles. The van der Waals surface area contributed by atoms with Gasteiger partial charge in [0.2, 0.25) is 5.95 Å². The van der Waals surface area contributed by atoms with Gasteiger partial charge in [0.25, 0.3) is 0 Å². The zero-order valence-electron chi connectivity index (χ0n) is 16.5. The van der Waals surface area contributed by atoms with E-state index >= 15 is 0 Å². The molecule has 5 rings (SSSR count). The lowest BCUT2D eigenvalue weighted by atomic mass is 9.67. The van der Waals surface area contributed by atoms with Gasteiger partial charge in [0, 0.05) is 43.8 Å². The van der Waals surface area contributed by atoms with Crippen LogP contribution in [-0.4, -0.2) is 65.0 Å². The molecule has 1 aromatic carbocycles. The lowest BCUT2D eigenvalue weighted by Gasteiger charge is -2.50. The van der Waals surface area contributed by atoms with Gasteiger partial charge in [0.1, 0.15) is 0 Å². The van der Waals surface area contributed by atoms with E-state index in [2.05, 4.69) is 44.4 Å².